The molecule has 2 aromatic carbocycles. The summed E-state index contributed by atoms with van der Waals surface area (Å²) in [5.41, 5.74) is 7.78. The van der Waals surface area contributed by atoms with Crippen LogP contribution in [0.5, 0.6) is 0 Å². The summed E-state index contributed by atoms with van der Waals surface area (Å²) in [6.07, 6.45) is 4.17. The van der Waals surface area contributed by atoms with E-state index < -0.39 is 5.91 Å². The zero-order valence-electron chi connectivity index (χ0n) is 16.0. The maximum atomic E-state index is 11.1. The van der Waals surface area contributed by atoms with Crippen molar-refractivity contribution in [3.8, 4) is 0 Å². The molecule has 2 heterocycles. The average Bonchev–Trinajstić information content (AvgIpc) is 3.29. The number of benzene rings is 2. The minimum Gasteiger partial charge on any atom is -0.358 e. The fourth-order valence-electron chi connectivity index (χ4n) is 4.24. The van der Waals surface area contributed by atoms with Gasteiger partial charge in [0.2, 0.25) is 0 Å². The van der Waals surface area contributed by atoms with Crippen LogP contribution in [0.4, 0.5) is 0 Å². The molecule has 0 bridgehead atoms. The Morgan fingerprint density at radius 1 is 1.25 bits per heavy atom. The van der Waals surface area contributed by atoms with Crippen molar-refractivity contribution in [1.29, 1.82) is 0 Å². The van der Waals surface area contributed by atoms with Crippen LogP contribution < -0.4 is 5.48 Å². The first-order chi connectivity index (χ1) is 13.6. The summed E-state index contributed by atoms with van der Waals surface area (Å²) >= 11 is 0. The van der Waals surface area contributed by atoms with E-state index in [0.717, 1.165) is 25.2 Å². The summed E-state index contributed by atoms with van der Waals surface area (Å²) < 4.78 is 0. The van der Waals surface area contributed by atoms with Gasteiger partial charge >= 0.3 is 0 Å². The molecule has 0 aliphatic carbocycles. The number of rotatable bonds is 5. The Morgan fingerprint density at radius 2 is 2.04 bits per heavy atom. The molecule has 0 spiro atoms. The van der Waals surface area contributed by atoms with E-state index in [-0.39, 0.29) is 0 Å². The number of fused-ring (bicyclic) bond motifs is 1. The van der Waals surface area contributed by atoms with Gasteiger partial charge in [0, 0.05) is 41.7 Å². The zero-order chi connectivity index (χ0) is 19.5. The SMILES string of the molecule is Cc1[nH]c2ccccc2c1[C@H]1CCN(Cc2ccc(/C=C/C(=O)NO)cc2)C1. The Labute approximate surface area is 164 Å². The van der Waals surface area contributed by atoms with Crippen molar-refractivity contribution in [2.45, 2.75) is 25.8 Å². The molecular weight excluding hydrogens is 350 g/mol. The van der Waals surface area contributed by atoms with Crippen molar-refractivity contribution >= 4 is 22.9 Å². The molecule has 1 fully saturated rings. The van der Waals surface area contributed by atoms with E-state index in [0.29, 0.717) is 5.92 Å². The van der Waals surface area contributed by atoms with Gasteiger partial charge in [0.25, 0.3) is 5.91 Å². The van der Waals surface area contributed by atoms with Crippen molar-refractivity contribution in [3.05, 3.63) is 77.0 Å². The third-order valence-corrected chi connectivity index (χ3v) is 5.55. The fraction of sp³-hybridized carbons (Fsp3) is 0.261. The number of para-hydroxylation sites is 1. The maximum Gasteiger partial charge on any atom is 0.267 e. The number of carbonyl (C=O) groups is 1. The van der Waals surface area contributed by atoms with Gasteiger partial charge in [-0.25, -0.2) is 5.48 Å². The van der Waals surface area contributed by atoms with Crippen LogP contribution in [0.15, 0.2) is 54.6 Å². The summed E-state index contributed by atoms with van der Waals surface area (Å²) in [5.74, 6) is 0.0371. The molecule has 1 aliphatic heterocycles. The summed E-state index contributed by atoms with van der Waals surface area (Å²) in [6, 6.07) is 16.8. The number of carbonyl (C=O) groups excluding carboxylic acids is 1. The molecular formula is C23H25N3O2. The third-order valence-electron chi connectivity index (χ3n) is 5.55. The van der Waals surface area contributed by atoms with Crippen LogP contribution in [-0.2, 0) is 11.3 Å². The van der Waals surface area contributed by atoms with Crippen molar-refractivity contribution in [3.63, 3.8) is 0 Å². The lowest BCUT2D eigenvalue weighted by molar-refractivity contribution is -0.124. The van der Waals surface area contributed by atoms with Gasteiger partial charge in [-0.15, -0.1) is 0 Å². The second kappa shape index (κ2) is 8.00. The van der Waals surface area contributed by atoms with Gasteiger partial charge in [-0.1, -0.05) is 42.5 Å². The number of H-pyrrole nitrogens is 1. The summed E-state index contributed by atoms with van der Waals surface area (Å²) in [7, 11) is 0. The molecule has 0 saturated carbocycles. The van der Waals surface area contributed by atoms with E-state index in [2.05, 4.69) is 53.2 Å². The number of aromatic nitrogens is 1. The molecule has 4 rings (SSSR count). The van der Waals surface area contributed by atoms with Crippen molar-refractivity contribution in [2.24, 2.45) is 0 Å². The number of nitrogens with zero attached hydrogens (tertiary/aromatic N) is 1. The van der Waals surface area contributed by atoms with Gasteiger partial charge < -0.3 is 4.98 Å². The molecule has 1 atom stereocenters. The van der Waals surface area contributed by atoms with Crippen LogP contribution >= 0.6 is 0 Å². The number of nitrogens with one attached hydrogen (secondary N) is 2. The highest BCUT2D eigenvalue weighted by Crippen LogP contribution is 2.35. The molecule has 1 aromatic heterocycles. The van der Waals surface area contributed by atoms with Gasteiger partial charge in [-0.05, 0) is 48.7 Å². The van der Waals surface area contributed by atoms with Crippen LogP contribution in [0.3, 0.4) is 0 Å². The van der Waals surface area contributed by atoms with E-state index in [1.807, 2.05) is 12.1 Å². The number of aryl methyl sites for hydroxylation is 1. The zero-order valence-corrected chi connectivity index (χ0v) is 16.0. The van der Waals surface area contributed by atoms with E-state index in [9.17, 15) is 4.79 Å². The van der Waals surface area contributed by atoms with Crippen LogP contribution in [0.25, 0.3) is 17.0 Å². The molecule has 3 aromatic rings. The molecule has 144 valence electrons. The highest BCUT2D eigenvalue weighted by Gasteiger charge is 2.27. The monoisotopic (exact) mass is 375 g/mol. The number of amides is 1. The average molecular weight is 375 g/mol. The fourth-order valence-corrected chi connectivity index (χ4v) is 4.24. The first-order valence-corrected chi connectivity index (χ1v) is 9.64. The van der Waals surface area contributed by atoms with Gasteiger partial charge in [0.15, 0.2) is 0 Å². The minimum absolute atomic E-state index is 0.528. The van der Waals surface area contributed by atoms with E-state index in [1.165, 1.54) is 40.2 Å². The molecule has 0 radical (unpaired) electrons. The molecule has 5 nitrogen and oxygen atoms in total. The normalized spacial score (nSPS) is 17.6. The van der Waals surface area contributed by atoms with Gasteiger partial charge in [-0.3, -0.25) is 14.9 Å². The van der Waals surface area contributed by atoms with Gasteiger partial charge in [0.05, 0.1) is 0 Å². The Morgan fingerprint density at radius 3 is 2.82 bits per heavy atom. The Kier molecular flexibility index (Phi) is 5.28. The largest absolute Gasteiger partial charge is 0.358 e. The number of likely N-dealkylation sites (tertiary alicyclic amines) is 1. The second-order valence-electron chi connectivity index (χ2n) is 7.48. The van der Waals surface area contributed by atoms with Crippen LogP contribution in [-0.4, -0.2) is 34.1 Å². The standard InChI is InChI=1S/C23H25N3O2/c1-16-23(20-4-2-3-5-21(20)24-16)19-12-13-26(15-19)14-18-8-6-17(7-9-18)10-11-22(27)25-28/h2-11,19,24,28H,12-15H2,1H3,(H,25,27)/b11-10+/t19-/m0/s1. The molecule has 3 N–H and O–H groups in total. The number of hydroxylamine groups is 1. The first-order valence-electron chi connectivity index (χ1n) is 9.64. The van der Waals surface area contributed by atoms with Gasteiger partial charge in [-0.2, -0.15) is 0 Å². The van der Waals surface area contributed by atoms with Crippen molar-refractivity contribution in [1.82, 2.24) is 15.4 Å². The predicted molar refractivity (Wildman–Crippen MR) is 111 cm³/mol. The predicted octanol–water partition coefficient (Wildman–Crippen LogP) is 3.98. The maximum absolute atomic E-state index is 11.1. The number of hydrogen-bond donors (Lipinski definition) is 3. The van der Waals surface area contributed by atoms with E-state index in [4.69, 9.17) is 5.21 Å². The Bertz CT molecular complexity index is 1000. The van der Waals surface area contributed by atoms with Crippen LogP contribution in [0.1, 0.15) is 34.7 Å². The Balaban J connectivity index is 1.41. The number of hydrogen-bond acceptors (Lipinski definition) is 3. The first kappa shape index (κ1) is 18.5. The van der Waals surface area contributed by atoms with Crippen molar-refractivity contribution < 1.29 is 10.0 Å². The summed E-state index contributed by atoms with van der Waals surface area (Å²) in [5, 5.41) is 9.88. The molecule has 1 aliphatic rings. The van der Waals surface area contributed by atoms with Crippen LogP contribution in [0, 0.1) is 6.92 Å². The lowest BCUT2D eigenvalue weighted by Gasteiger charge is -2.16. The topological polar surface area (TPSA) is 68.4 Å². The van der Waals surface area contributed by atoms with Crippen molar-refractivity contribution in [2.75, 3.05) is 13.1 Å². The highest BCUT2D eigenvalue weighted by molar-refractivity contribution is 5.90. The minimum atomic E-state index is -0.528. The highest BCUT2D eigenvalue weighted by atomic mass is 16.5. The third kappa shape index (κ3) is 3.86. The molecule has 1 saturated heterocycles. The van der Waals surface area contributed by atoms with E-state index >= 15 is 0 Å². The molecule has 28 heavy (non-hydrogen) atoms. The van der Waals surface area contributed by atoms with E-state index in [1.54, 1.807) is 11.6 Å². The molecule has 0 unspecified atom stereocenters. The quantitative estimate of drug-likeness (QED) is 0.359. The number of aromatic amines is 1. The lowest BCUT2D eigenvalue weighted by atomic mass is 9.95. The Hall–Kier alpha value is -2.89. The second-order valence-corrected chi connectivity index (χ2v) is 7.48. The van der Waals surface area contributed by atoms with Gasteiger partial charge in [0.1, 0.15) is 0 Å². The van der Waals surface area contributed by atoms with Crippen LogP contribution in [0.2, 0.25) is 0 Å². The summed E-state index contributed by atoms with van der Waals surface area (Å²) in [6.45, 7) is 5.28. The lowest BCUT2D eigenvalue weighted by Crippen LogP contribution is -2.19. The molecule has 1 amide bonds. The summed E-state index contributed by atoms with van der Waals surface area (Å²) in [4.78, 5) is 17.1. The molecule has 5 heteroatoms. The smallest absolute Gasteiger partial charge is 0.267 e.